The first-order chi connectivity index (χ1) is 7.58. The molecule has 16 heavy (non-hydrogen) atoms. The topological polar surface area (TPSA) is 19.0 Å². The third-order valence-electron chi connectivity index (χ3n) is 2.89. The van der Waals surface area contributed by atoms with Gasteiger partial charge in [0, 0.05) is 27.6 Å². The van der Waals surface area contributed by atoms with E-state index in [1.165, 1.54) is 22.2 Å². The van der Waals surface area contributed by atoms with Crippen LogP contribution in [-0.2, 0) is 6.42 Å². The van der Waals surface area contributed by atoms with Crippen molar-refractivity contribution < 1.29 is 0 Å². The molecular weight excluding hydrogens is 264 g/mol. The monoisotopic (exact) mass is 280 g/mol. The van der Waals surface area contributed by atoms with Crippen LogP contribution in [0.5, 0.6) is 0 Å². The van der Waals surface area contributed by atoms with Gasteiger partial charge in [0.15, 0.2) is 0 Å². The quantitative estimate of drug-likeness (QED) is 0.914. The van der Waals surface area contributed by atoms with Crippen LogP contribution in [-0.4, -0.2) is 30.5 Å². The fourth-order valence-corrected chi connectivity index (χ4v) is 2.37. The number of likely N-dealkylation sites (N-methyl/N-ethyl adjacent to an activating group) is 1. The van der Waals surface area contributed by atoms with Gasteiger partial charge in [0.25, 0.3) is 0 Å². The Morgan fingerprint density at radius 3 is 2.75 bits per heavy atom. The molecule has 0 saturated heterocycles. The van der Waals surface area contributed by atoms with Gasteiger partial charge in [-0.05, 0) is 51.2 Å². The second-order valence-corrected chi connectivity index (χ2v) is 5.39. The van der Waals surface area contributed by atoms with E-state index in [9.17, 15) is 0 Å². The Hall–Kier alpha value is -0.800. The Bertz CT molecular complexity index is 500. The second-order valence-electron chi connectivity index (χ2n) is 4.47. The lowest BCUT2D eigenvalue weighted by Gasteiger charge is -2.09. The number of fused-ring (bicyclic) bond motifs is 1. The van der Waals surface area contributed by atoms with Crippen molar-refractivity contribution in [2.24, 2.45) is 0 Å². The van der Waals surface area contributed by atoms with Crippen LogP contribution in [0.2, 0.25) is 0 Å². The first kappa shape index (κ1) is 11.7. The summed E-state index contributed by atoms with van der Waals surface area (Å²) in [6.07, 6.45) is 1.09. The molecule has 0 fully saturated rings. The van der Waals surface area contributed by atoms with Gasteiger partial charge < -0.3 is 9.88 Å². The van der Waals surface area contributed by atoms with Gasteiger partial charge in [-0.25, -0.2) is 0 Å². The normalized spacial score (nSPS) is 11.6. The lowest BCUT2D eigenvalue weighted by molar-refractivity contribution is 0.414. The standard InChI is InChI=1S/C13H17BrN2/c1-9-11(6-7-16(2)3)12-8-10(14)4-5-13(12)15-9/h4-5,8,15H,6-7H2,1-3H3. The molecule has 2 nitrogen and oxygen atoms in total. The fraction of sp³-hybridized carbons (Fsp3) is 0.385. The zero-order valence-corrected chi connectivity index (χ0v) is 11.6. The van der Waals surface area contributed by atoms with Crippen molar-refractivity contribution in [1.82, 2.24) is 9.88 Å². The highest BCUT2D eigenvalue weighted by atomic mass is 79.9. The maximum Gasteiger partial charge on any atom is 0.0459 e. The minimum atomic E-state index is 1.08. The van der Waals surface area contributed by atoms with Gasteiger partial charge in [-0.2, -0.15) is 0 Å². The average molecular weight is 281 g/mol. The number of nitrogens with zero attached hydrogens (tertiary/aromatic N) is 1. The highest BCUT2D eigenvalue weighted by molar-refractivity contribution is 9.10. The maximum atomic E-state index is 3.53. The minimum Gasteiger partial charge on any atom is -0.358 e. The summed E-state index contributed by atoms with van der Waals surface area (Å²) < 4.78 is 1.14. The molecule has 86 valence electrons. The average Bonchev–Trinajstić information content (AvgIpc) is 2.51. The molecule has 0 amide bonds. The molecule has 0 bridgehead atoms. The lowest BCUT2D eigenvalue weighted by Crippen LogP contribution is -2.15. The molecule has 0 radical (unpaired) electrons. The molecule has 1 N–H and O–H groups in total. The zero-order valence-electron chi connectivity index (χ0n) is 9.97. The van der Waals surface area contributed by atoms with Crippen LogP contribution < -0.4 is 0 Å². The van der Waals surface area contributed by atoms with Crippen molar-refractivity contribution in [3.05, 3.63) is 33.9 Å². The first-order valence-electron chi connectivity index (χ1n) is 5.49. The van der Waals surface area contributed by atoms with E-state index >= 15 is 0 Å². The summed E-state index contributed by atoms with van der Waals surface area (Å²) in [6, 6.07) is 6.41. The number of aryl methyl sites for hydroxylation is 1. The number of aromatic amines is 1. The van der Waals surface area contributed by atoms with Crippen molar-refractivity contribution >= 4 is 26.8 Å². The molecule has 0 aliphatic carbocycles. The molecule has 1 heterocycles. The number of nitrogens with one attached hydrogen (secondary N) is 1. The Labute approximate surface area is 105 Å². The minimum absolute atomic E-state index is 1.08. The van der Waals surface area contributed by atoms with Gasteiger partial charge >= 0.3 is 0 Å². The van der Waals surface area contributed by atoms with Crippen molar-refractivity contribution in [3.8, 4) is 0 Å². The van der Waals surface area contributed by atoms with Gasteiger partial charge in [-0.3, -0.25) is 0 Å². The van der Waals surface area contributed by atoms with Gasteiger partial charge in [-0.15, -0.1) is 0 Å². The summed E-state index contributed by atoms with van der Waals surface area (Å²) in [4.78, 5) is 5.66. The van der Waals surface area contributed by atoms with Gasteiger partial charge in [-0.1, -0.05) is 15.9 Å². The molecule has 0 spiro atoms. The van der Waals surface area contributed by atoms with Crippen molar-refractivity contribution in [2.45, 2.75) is 13.3 Å². The molecule has 0 aliphatic rings. The number of hydrogen-bond acceptors (Lipinski definition) is 1. The van der Waals surface area contributed by atoms with E-state index in [-0.39, 0.29) is 0 Å². The molecule has 1 aromatic carbocycles. The van der Waals surface area contributed by atoms with E-state index in [1.807, 2.05) is 0 Å². The lowest BCUT2D eigenvalue weighted by atomic mass is 10.1. The molecule has 0 atom stereocenters. The predicted octanol–water partition coefficient (Wildman–Crippen LogP) is 3.34. The number of halogens is 1. The number of hydrogen-bond donors (Lipinski definition) is 1. The van der Waals surface area contributed by atoms with E-state index in [0.717, 1.165) is 17.4 Å². The van der Waals surface area contributed by atoms with E-state index < -0.39 is 0 Å². The zero-order chi connectivity index (χ0) is 11.7. The Morgan fingerprint density at radius 2 is 2.06 bits per heavy atom. The number of benzene rings is 1. The molecule has 0 unspecified atom stereocenters. The summed E-state index contributed by atoms with van der Waals surface area (Å²) in [7, 11) is 4.22. The summed E-state index contributed by atoms with van der Waals surface area (Å²) in [5.74, 6) is 0. The van der Waals surface area contributed by atoms with Crippen LogP contribution in [0, 0.1) is 6.92 Å². The molecule has 0 saturated carbocycles. The largest absolute Gasteiger partial charge is 0.358 e. The van der Waals surface area contributed by atoms with Crippen LogP contribution in [0.1, 0.15) is 11.3 Å². The van der Waals surface area contributed by atoms with Crippen molar-refractivity contribution in [1.29, 1.82) is 0 Å². The second kappa shape index (κ2) is 4.60. The van der Waals surface area contributed by atoms with Crippen LogP contribution in [0.3, 0.4) is 0 Å². The third kappa shape index (κ3) is 2.30. The third-order valence-corrected chi connectivity index (χ3v) is 3.38. The summed E-state index contributed by atoms with van der Waals surface area (Å²) in [5, 5.41) is 1.34. The highest BCUT2D eigenvalue weighted by Gasteiger charge is 2.08. The molecule has 2 rings (SSSR count). The molecule has 1 aromatic heterocycles. The molecule has 2 aromatic rings. The fourth-order valence-electron chi connectivity index (χ4n) is 2.01. The SMILES string of the molecule is Cc1[nH]c2ccc(Br)cc2c1CCN(C)C. The van der Waals surface area contributed by atoms with E-state index in [4.69, 9.17) is 0 Å². The Kier molecular flexibility index (Phi) is 3.36. The molecule has 0 aliphatic heterocycles. The van der Waals surface area contributed by atoms with Crippen LogP contribution >= 0.6 is 15.9 Å². The summed E-state index contributed by atoms with van der Waals surface area (Å²) in [5.41, 5.74) is 3.95. The maximum absolute atomic E-state index is 3.53. The first-order valence-corrected chi connectivity index (χ1v) is 6.28. The number of aromatic nitrogens is 1. The van der Waals surface area contributed by atoms with Gasteiger partial charge in [0.05, 0.1) is 0 Å². The van der Waals surface area contributed by atoms with Crippen LogP contribution in [0.25, 0.3) is 10.9 Å². The van der Waals surface area contributed by atoms with Crippen molar-refractivity contribution in [2.75, 3.05) is 20.6 Å². The van der Waals surface area contributed by atoms with Gasteiger partial charge in [0.2, 0.25) is 0 Å². The van der Waals surface area contributed by atoms with Crippen LogP contribution in [0.4, 0.5) is 0 Å². The van der Waals surface area contributed by atoms with Crippen LogP contribution in [0.15, 0.2) is 22.7 Å². The Morgan fingerprint density at radius 1 is 1.31 bits per heavy atom. The molecule has 3 heteroatoms. The van der Waals surface area contributed by atoms with E-state index in [2.05, 4.69) is 65.0 Å². The highest BCUT2D eigenvalue weighted by Crippen LogP contribution is 2.25. The van der Waals surface area contributed by atoms with Crippen molar-refractivity contribution in [3.63, 3.8) is 0 Å². The summed E-state index contributed by atoms with van der Waals surface area (Å²) >= 11 is 3.53. The van der Waals surface area contributed by atoms with E-state index in [1.54, 1.807) is 0 Å². The number of H-pyrrole nitrogens is 1. The smallest absolute Gasteiger partial charge is 0.0459 e. The summed E-state index contributed by atoms with van der Waals surface area (Å²) in [6.45, 7) is 3.24. The Balaban J connectivity index is 2.42. The predicted molar refractivity (Wildman–Crippen MR) is 73.0 cm³/mol. The molecular formula is C13H17BrN2. The van der Waals surface area contributed by atoms with E-state index in [0.29, 0.717) is 0 Å². The van der Waals surface area contributed by atoms with Gasteiger partial charge in [0.1, 0.15) is 0 Å². The number of rotatable bonds is 3.